The molecule has 3 aliphatic rings. The quantitative estimate of drug-likeness (QED) is 0.803. The normalized spacial score (nSPS) is 24.4. The van der Waals surface area contributed by atoms with Crippen LogP contribution < -0.4 is 4.74 Å². The fourth-order valence-electron chi connectivity index (χ4n) is 4.45. The van der Waals surface area contributed by atoms with Crippen molar-refractivity contribution in [3.05, 3.63) is 11.8 Å². The lowest BCUT2D eigenvalue weighted by Crippen LogP contribution is -2.53. The van der Waals surface area contributed by atoms with Gasteiger partial charge in [-0.1, -0.05) is 0 Å². The van der Waals surface area contributed by atoms with Crippen molar-refractivity contribution in [1.82, 2.24) is 24.5 Å². The SMILES string of the molecule is CN1CCC(N2CCN(CCOc3cc4n(n3)CCCC4)CC2)CC1. The number of hydrogen-bond donors (Lipinski definition) is 0. The van der Waals surface area contributed by atoms with Gasteiger partial charge in [0.1, 0.15) is 6.61 Å². The smallest absolute Gasteiger partial charge is 0.233 e. The van der Waals surface area contributed by atoms with Gasteiger partial charge in [-0.15, -0.1) is 5.10 Å². The first kappa shape index (κ1) is 17.3. The number of ether oxygens (including phenoxy) is 1. The Morgan fingerprint density at radius 1 is 1.04 bits per heavy atom. The standard InChI is InChI=1S/C19H33N5O/c1-21-8-5-17(6-9-21)23-12-10-22(11-13-23)14-15-25-19-16-18-4-2-3-7-24(18)20-19/h16-17H,2-15H2,1H3. The third-order valence-electron chi connectivity index (χ3n) is 6.16. The molecule has 6 nitrogen and oxygen atoms in total. The van der Waals surface area contributed by atoms with Crippen LogP contribution in [0.5, 0.6) is 5.88 Å². The van der Waals surface area contributed by atoms with Crippen LogP contribution in [-0.2, 0) is 13.0 Å². The summed E-state index contributed by atoms with van der Waals surface area (Å²) in [7, 11) is 2.24. The Hall–Kier alpha value is -1.11. The van der Waals surface area contributed by atoms with Crippen molar-refractivity contribution in [2.24, 2.45) is 0 Å². The summed E-state index contributed by atoms with van der Waals surface area (Å²) in [5, 5.41) is 4.58. The monoisotopic (exact) mass is 347 g/mol. The van der Waals surface area contributed by atoms with E-state index in [1.165, 1.54) is 70.6 Å². The zero-order valence-electron chi connectivity index (χ0n) is 15.7. The third kappa shape index (κ3) is 4.36. The predicted molar refractivity (Wildman–Crippen MR) is 99.2 cm³/mol. The van der Waals surface area contributed by atoms with Crippen LogP contribution in [0, 0.1) is 0 Å². The third-order valence-corrected chi connectivity index (χ3v) is 6.16. The molecule has 4 rings (SSSR count). The fourth-order valence-corrected chi connectivity index (χ4v) is 4.45. The fraction of sp³-hybridized carbons (Fsp3) is 0.842. The summed E-state index contributed by atoms with van der Waals surface area (Å²) in [6.45, 7) is 10.1. The van der Waals surface area contributed by atoms with Crippen LogP contribution >= 0.6 is 0 Å². The van der Waals surface area contributed by atoms with Gasteiger partial charge in [0.05, 0.1) is 0 Å². The molecule has 0 aromatic carbocycles. The van der Waals surface area contributed by atoms with Gasteiger partial charge in [-0.3, -0.25) is 14.5 Å². The van der Waals surface area contributed by atoms with E-state index in [0.717, 1.165) is 38.0 Å². The molecule has 140 valence electrons. The number of aryl methyl sites for hydroxylation is 2. The van der Waals surface area contributed by atoms with Crippen LogP contribution in [0.15, 0.2) is 6.07 Å². The van der Waals surface area contributed by atoms with Gasteiger partial charge in [0, 0.05) is 57.1 Å². The summed E-state index contributed by atoms with van der Waals surface area (Å²) < 4.78 is 8.05. The molecule has 0 saturated carbocycles. The Morgan fingerprint density at radius 2 is 1.84 bits per heavy atom. The minimum absolute atomic E-state index is 0.755. The van der Waals surface area contributed by atoms with Gasteiger partial charge in [-0.2, -0.15) is 0 Å². The number of fused-ring (bicyclic) bond motifs is 1. The zero-order chi connectivity index (χ0) is 17.1. The van der Waals surface area contributed by atoms with Crippen LogP contribution in [0.25, 0.3) is 0 Å². The van der Waals surface area contributed by atoms with Crippen molar-refractivity contribution in [2.45, 2.75) is 44.7 Å². The molecule has 3 aliphatic heterocycles. The minimum Gasteiger partial charge on any atom is -0.475 e. The second-order valence-electron chi connectivity index (χ2n) is 7.91. The summed E-state index contributed by atoms with van der Waals surface area (Å²) in [4.78, 5) is 7.72. The molecule has 0 N–H and O–H groups in total. The summed E-state index contributed by atoms with van der Waals surface area (Å²) in [6, 6.07) is 2.95. The molecule has 0 aliphatic carbocycles. The maximum Gasteiger partial charge on any atom is 0.233 e. The number of likely N-dealkylation sites (tertiary alicyclic amines) is 1. The Labute approximate surface area is 151 Å². The summed E-state index contributed by atoms with van der Waals surface area (Å²) in [6.07, 6.45) is 6.35. The van der Waals surface area contributed by atoms with Gasteiger partial charge in [-0.05, 0) is 52.2 Å². The minimum atomic E-state index is 0.755. The van der Waals surface area contributed by atoms with E-state index in [1.54, 1.807) is 0 Å². The number of piperazine rings is 1. The average Bonchev–Trinajstić information content (AvgIpc) is 3.06. The lowest BCUT2D eigenvalue weighted by Gasteiger charge is -2.42. The van der Waals surface area contributed by atoms with E-state index in [4.69, 9.17) is 4.74 Å². The molecule has 0 bridgehead atoms. The molecule has 2 saturated heterocycles. The number of rotatable bonds is 5. The highest BCUT2D eigenvalue weighted by Crippen LogP contribution is 2.20. The van der Waals surface area contributed by atoms with E-state index >= 15 is 0 Å². The second-order valence-corrected chi connectivity index (χ2v) is 7.91. The summed E-state index contributed by atoms with van der Waals surface area (Å²) in [5.74, 6) is 0.821. The molecule has 0 spiro atoms. The number of hydrogen-bond acceptors (Lipinski definition) is 5. The van der Waals surface area contributed by atoms with Crippen molar-refractivity contribution in [3.63, 3.8) is 0 Å². The molecule has 25 heavy (non-hydrogen) atoms. The van der Waals surface area contributed by atoms with Gasteiger partial charge >= 0.3 is 0 Å². The second kappa shape index (κ2) is 8.06. The van der Waals surface area contributed by atoms with Crippen LogP contribution in [0.3, 0.4) is 0 Å². The number of piperidine rings is 1. The average molecular weight is 348 g/mol. The Kier molecular flexibility index (Phi) is 5.58. The van der Waals surface area contributed by atoms with Gasteiger partial charge in [-0.25, -0.2) is 0 Å². The topological polar surface area (TPSA) is 36.8 Å². The van der Waals surface area contributed by atoms with Crippen molar-refractivity contribution < 1.29 is 4.74 Å². The molecular formula is C19H33N5O. The van der Waals surface area contributed by atoms with Gasteiger partial charge in [0.15, 0.2) is 0 Å². The first-order valence-electron chi connectivity index (χ1n) is 10.1. The van der Waals surface area contributed by atoms with Crippen molar-refractivity contribution in [1.29, 1.82) is 0 Å². The largest absolute Gasteiger partial charge is 0.475 e. The maximum atomic E-state index is 5.92. The van der Waals surface area contributed by atoms with E-state index in [0.29, 0.717) is 0 Å². The van der Waals surface area contributed by atoms with Crippen LogP contribution in [-0.4, -0.2) is 90.0 Å². The molecular weight excluding hydrogens is 314 g/mol. The van der Waals surface area contributed by atoms with E-state index in [9.17, 15) is 0 Å². The molecule has 0 atom stereocenters. The lowest BCUT2D eigenvalue weighted by molar-refractivity contribution is 0.0590. The highest BCUT2D eigenvalue weighted by atomic mass is 16.5. The van der Waals surface area contributed by atoms with Crippen molar-refractivity contribution >= 4 is 0 Å². The Bertz CT molecular complexity index is 521. The Morgan fingerprint density at radius 3 is 2.60 bits per heavy atom. The van der Waals surface area contributed by atoms with Crippen molar-refractivity contribution in [3.8, 4) is 5.88 Å². The zero-order valence-corrected chi connectivity index (χ0v) is 15.7. The van der Waals surface area contributed by atoms with E-state index in [2.05, 4.69) is 37.6 Å². The molecule has 6 heteroatoms. The molecule has 4 heterocycles. The van der Waals surface area contributed by atoms with Gasteiger partial charge in [0.25, 0.3) is 0 Å². The molecule has 2 fully saturated rings. The van der Waals surface area contributed by atoms with E-state index in [1.807, 2.05) is 0 Å². The molecule has 1 aromatic rings. The van der Waals surface area contributed by atoms with Gasteiger partial charge < -0.3 is 9.64 Å². The molecule has 0 unspecified atom stereocenters. The highest BCUT2D eigenvalue weighted by Gasteiger charge is 2.26. The highest BCUT2D eigenvalue weighted by molar-refractivity contribution is 5.16. The number of nitrogens with zero attached hydrogens (tertiary/aromatic N) is 5. The van der Waals surface area contributed by atoms with Crippen LogP contribution in [0.1, 0.15) is 31.4 Å². The van der Waals surface area contributed by atoms with E-state index in [-0.39, 0.29) is 0 Å². The summed E-state index contributed by atoms with van der Waals surface area (Å²) >= 11 is 0. The maximum absolute atomic E-state index is 5.92. The molecule has 0 amide bonds. The Balaban J connectivity index is 1.16. The van der Waals surface area contributed by atoms with Crippen molar-refractivity contribution in [2.75, 3.05) is 59.5 Å². The van der Waals surface area contributed by atoms with E-state index < -0.39 is 0 Å². The molecule has 0 radical (unpaired) electrons. The predicted octanol–water partition coefficient (Wildman–Crippen LogP) is 1.31. The molecule has 1 aromatic heterocycles. The van der Waals surface area contributed by atoms with Crippen LogP contribution in [0.4, 0.5) is 0 Å². The number of aromatic nitrogens is 2. The summed E-state index contributed by atoms with van der Waals surface area (Å²) in [5.41, 5.74) is 1.34. The van der Waals surface area contributed by atoms with Gasteiger partial charge in [0.2, 0.25) is 5.88 Å². The van der Waals surface area contributed by atoms with Crippen LogP contribution in [0.2, 0.25) is 0 Å². The first-order valence-corrected chi connectivity index (χ1v) is 10.1. The lowest BCUT2D eigenvalue weighted by atomic mass is 10.0. The first-order chi connectivity index (χ1) is 12.3.